The lowest BCUT2D eigenvalue weighted by molar-refractivity contribution is 0.0956. The third-order valence-corrected chi connectivity index (χ3v) is 3.07. The Labute approximate surface area is 114 Å². The Morgan fingerprint density at radius 3 is 2.47 bits per heavy atom. The summed E-state index contributed by atoms with van der Waals surface area (Å²) in [5.74, 6) is -0.319. The van der Waals surface area contributed by atoms with E-state index in [0.29, 0.717) is 25.1 Å². The SMILES string of the molecule is CCCCN(CCO)CCC(=O)c1ccc(F)cc1. The molecular weight excluding hydrogens is 245 g/mol. The number of carbonyl (C=O) groups excluding carboxylic acids is 1. The molecule has 0 aliphatic carbocycles. The van der Waals surface area contributed by atoms with Crippen LogP contribution in [0.3, 0.4) is 0 Å². The van der Waals surface area contributed by atoms with Gasteiger partial charge >= 0.3 is 0 Å². The minimum absolute atomic E-state index is 0.0134. The van der Waals surface area contributed by atoms with Gasteiger partial charge in [0.15, 0.2) is 5.78 Å². The fraction of sp³-hybridized carbons (Fsp3) is 0.533. The Hall–Kier alpha value is -1.26. The number of carbonyl (C=O) groups is 1. The molecule has 3 nitrogen and oxygen atoms in total. The Kier molecular flexibility index (Phi) is 7.30. The maximum absolute atomic E-state index is 12.8. The number of halogens is 1. The predicted molar refractivity (Wildman–Crippen MR) is 73.8 cm³/mol. The summed E-state index contributed by atoms with van der Waals surface area (Å²) in [5, 5.41) is 8.98. The molecule has 0 radical (unpaired) electrons. The monoisotopic (exact) mass is 267 g/mol. The van der Waals surface area contributed by atoms with Gasteiger partial charge < -0.3 is 10.0 Å². The summed E-state index contributed by atoms with van der Waals surface area (Å²) in [7, 11) is 0. The minimum atomic E-state index is -0.332. The first-order valence-electron chi connectivity index (χ1n) is 6.79. The molecule has 0 spiro atoms. The van der Waals surface area contributed by atoms with Gasteiger partial charge in [-0.3, -0.25) is 4.79 Å². The molecule has 4 heteroatoms. The van der Waals surface area contributed by atoms with Crippen LogP contribution in [0.25, 0.3) is 0 Å². The third-order valence-electron chi connectivity index (χ3n) is 3.07. The van der Waals surface area contributed by atoms with Crippen molar-refractivity contribution in [2.75, 3.05) is 26.2 Å². The molecule has 0 fully saturated rings. The Balaban J connectivity index is 2.44. The molecule has 0 aliphatic heterocycles. The van der Waals surface area contributed by atoms with E-state index < -0.39 is 0 Å². The third kappa shape index (κ3) is 5.94. The average molecular weight is 267 g/mol. The van der Waals surface area contributed by atoms with Gasteiger partial charge in [-0.15, -0.1) is 0 Å². The normalized spacial score (nSPS) is 10.9. The van der Waals surface area contributed by atoms with Crippen LogP contribution < -0.4 is 0 Å². The van der Waals surface area contributed by atoms with Gasteiger partial charge in [-0.1, -0.05) is 13.3 Å². The summed E-state index contributed by atoms with van der Waals surface area (Å²) in [4.78, 5) is 14.0. The van der Waals surface area contributed by atoms with Crippen LogP contribution in [-0.4, -0.2) is 42.0 Å². The summed E-state index contributed by atoms with van der Waals surface area (Å²) in [6.45, 7) is 4.34. The van der Waals surface area contributed by atoms with Crippen LogP contribution in [0.5, 0.6) is 0 Å². The van der Waals surface area contributed by atoms with Gasteiger partial charge in [0, 0.05) is 25.1 Å². The van der Waals surface area contributed by atoms with Crippen LogP contribution in [0.2, 0.25) is 0 Å². The number of aliphatic hydroxyl groups is 1. The first-order chi connectivity index (χ1) is 9.17. The average Bonchev–Trinajstić information content (AvgIpc) is 2.42. The van der Waals surface area contributed by atoms with Crippen LogP contribution in [-0.2, 0) is 0 Å². The highest BCUT2D eigenvalue weighted by Crippen LogP contribution is 2.07. The molecule has 19 heavy (non-hydrogen) atoms. The fourth-order valence-electron chi connectivity index (χ4n) is 1.90. The lowest BCUT2D eigenvalue weighted by Gasteiger charge is -2.20. The molecular formula is C15H22FNO2. The smallest absolute Gasteiger partial charge is 0.164 e. The molecule has 0 amide bonds. The maximum atomic E-state index is 12.8. The van der Waals surface area contributed by atoms with Crippen LogP contribution in [0.4, 0.5) is 4.39 Å². The molecule has 0 aliphatic rings. The molecule has 0 saturated carbocycles. The molecule has 106 valence electrons. The molecule has 0 unspecified atom stereocenters. The van der Waals surface area contributed by atoms with E-state index in [1.165, 1.54) is 24.3 Å². The Morgan fingerprint density at radius 2 is 1.89 bits per heavy atom. The lowest BCUT2D eigenvalue weighted by atomic mass is 10.1. The lowest BCUT2D eigenvalue weighted by Crippen LogP contribution is -2.30. The van der Waals surface area contributed by atoms with Crippen LogP contribution in [0.1, 0.15) is 36.5 Å². The van der Waals surface area contributed by atoms with E-state index in [4.69, 9.17) is 5.11 Å². The molecule has 0 saturated heterocycles. The van der Waals surface area contributed by atoms with Crippen molar-refractivity contribution in [1.29, 1.82) is 0 Å². The van der Waals surface area contributed by atoms with E-state index in [1.54, 1.807) is 0 Å². The number of ketones is 1. The quantitative estimate of drug-likeness (QED) is 0.699. The molecule has 1 rings (SSSR count). The molecule has 0 heterocycles. The van der Waals surface area contributed by atoms with Crippen molar-refractivity contribution < 1.29 is 14.3 Å². The molecule has 0 atom stereocenters. The zero-order valence-electron chi connectivity index (χ0n) is 11.4. The minimum Gasteiger partial charge on any atom is -0.395 e. The number of unbranched alkanes of at least 4 members (excludes halogenated alkanes) is 1. The van der Waals surface area contributed by atoms with Gasteiger partial charge in [0.25, 0.3) is 0 Å². The van der Waals surface area contributed by atoms with Crippen molar-refractivity contribution in [1.82, 2.24) is 4.90 Å². The van der Waals surface area contributed by atoms with Gasteiger partial charge in [-0.2, -0.15) is 0 Å². The van der Waals surface area contributed by atoms with Gasteiger partial charge in [-0.25, -0.2) is 4.39 Å². The zero-order chi connectivity index (χ0) is 14.1. The fourth-order valence-corrected chi connectivity index (χ4v) is 1.90. The van der Waals surface area contributed by atoms with Gasteiger partial charge in [-0.05, 0) is 37.2 Å². The van der Waals surface area contributed by atoms with Crippen LogP contribution >= 0.6 is 0 Å². The highest BCUT2D eigenvalue weighted by molar-refractivity contribution is 5.96. The topological polar surface area (TPSA) is 40.5 Å². The standard InChI is InChI=1S/C15H22FNO2/c1-2-3-9-17(11-12-18)10-8-15(19)13-4-6-14(16)7-5-13/h4-7,18H,2-3,8-12H2,1H3. The van der Waals surface area contributed by atoms with Crippen LogP contribution in [0.15, 0.2) is 24.3 Å². The van der Waals surface area contributed by atoms with E-state index in [2.05, 4.69) is 11.8 Å². The van der Waals surface area contributed by atoms with Crippen molar-refractivity contribution in [3.05, 3.63) is 35.6 Å². The number of nitrogens with zero attached hydrogens (tertiary/aromatic N) is 1. The van der Waals surface area contributed by atoms with Crippen LogP contribution in [0, 0.1) is 5.82 Å². The summed E-state index contributed by atoms with van der Waals surface area (Å²) in [6.07, 6.45) is 2.55. The number of benzene rings is 1. The van der Waals surface area contributed by atoms with E-state index >= 15 is 0 Å². The van der Waals surface area contributed by atoms with Crippen molar-refractivity contribution >= 4 is 5.78 Å². The first-order valence-corrected chi connectivity index (χ1v) is 6.79. The van der Waals surface area contributed by atoms with Crippen molar-refractivity contribution in [2.24, 2.45) is 0 Å². The molecule has 1 aromatic rings. The molecule has 0 aromatic heterocycles. The van der Waals surface area contributed by atoms with Crippen molar-refractivity contribution in [2.45, 2.75) is 26.2 Å². The first kappa shape index (κ1) is 15.8. The largest absolute Gasteiger partial charge is 0.395 e. The van der Waals surface area contributed by atoms with Gasteiger partial charge in [0.05, 0.1) is 6.61 Å². The van der Waals surface area contributed by atoms with E-state index in [9.17, 15) is 9.18 Å². The van der Waals surface area contributed by atoms with Crippen molar-refractivity contribution in [3.63, 3.8) is 0 Å². The number of hydrogen-bond donors (Lipinski definition) is 1. The number of hydrogen-bond acceptors (Lipinski definition) is 3. The second kappa shape index (κ2) is 8.77. The van der Waals surface area contributed by atoms with E-state index in [0.717, 1.165) is 19.4 Å². The second-order valence-electron chi connectivity index (χ2n) is 4.60. The second-order valence-corrected chi connectivity index (χ2v) is 4.60. The highest BCUT2D eigenvalue weighted by atomic mass is 19.1. The predicted octanol–water partition coefficient (Wildman–Crippen LogP) is 2.49. The van der Waals surface area contributed by atoms with E-state index in [1.807, 2.05) is 0 Å². The van der Waals surface area contributed by atoms with Gasteiger partial charge in [0.2, 0.25) is 0 Å². The number of rotatable bonds is 9. The maximum Gasteiger partial charge on any atom is 0.164 e. The van der Waals surface area contributed by atoms with Crippen molar-refractivity contribution in [3.8, 4) is 0 Å². The summed E-state index contributed by atoms with van der Waals surface area (Å²) in [5.41, 5.74) is 0.542. The number of Topliss-reactive ketones (excluding diaryl/α,β-unsaturated/α-hetero) is 1. The Bertz CT molecular complexity index is 378. The summed E-state index contributed by atoms with van der Waals surface area (Å²) >= 11 is 0. The van der Waals surface area contributed by atoms with Gasteiger partial charge in [0.1, 0.15) is 5.82 Å². The Morgan fingerprint density at radius 1 is 1.21 bits per heavy atom. The zero-order valence-corrected chi connectivity index (χ0v) is 11.4. The highest BCUT2D eigenvalue weighted by Gasteiger charge is 2.09. The molecule has 1 aromatic carbocycles. The molecule has 1 N–H and O–H groups in total. The summed E-state index contributed by atoms with van der Waals surface area (Å²) < 4.78 is 12.8. The summed E-state index contributed by atoms with van der Waals surface area (Å²) in [6, 6.07) is 5.63. The van der Waals surface area contributed by atoms with E-state index in [-0.39, 0.29) is 18.2 Å². The number of aliphatic hydroxyl groups excluding tert-OH is 1. The molecule has 0 bridgehead atoms.